The molecule has 4 heteroatoms. The van der Waals surface area contributed by atoms with Gasteiger partial charge in [0.1, 0.15) is 17.8 Å². The van der Waals surface area contributed by atoms with Crippen LogP contribution in [0.25, 0.3) is 0 Å². The maximum atomic E-state index is 12.5. The predicted octanol–water partition coefficient (Wildman–Crippen LogP) is 3.15. The Morgan fingerprint density at radius 1 is 1.13 bits per heavy atom. The van der Waals surface area contributed by atoms with Crippen LogP contribution in [0.4, 0.5) is 5.69 Å². The third kappa shape index (κ3) is 4.68. The Labute approximate surface area is 136 Å². The summed E-state index contributed by atoms with van der Waals surface area (Å²) in [4.78, 5) is 23.5. The van der Waals surface area contributed by atoms with Gasteiger partial charge in [0, 0.05) is 24.4 Å². The largest absolute Gasteiger partial charge is 0.497 e. The van der Waals surface area contributed by atoms with Crippen LogP contribution in [0, 0.1) is 0 Å². The summed E-state index contributed by atoms with van der Waals surface area (Å²) in [6.07, 6.45) is 2.04. The Bertz CT molecular complexity index is 647. The van der Waals surface area contributed by atoms with E-state index in [2.05, 4.69) is 0 Å². The Morgan fingerprint density at radius 3 is 2.35 bits per heavy atom. The third-order valence-electron chi connectivity index (χ3n) is 3.88. The first kappa shape index (κ1) is 16.7. The fourth-order valence-corrected chi connectivity index (χ4v) is 2.51. The van der Waals surface area contributed by atoms with Crippen molar-refractivity contribution in [1.29, 1.82) is 0 Å². The molecule has 1 unspecified atom stereocenters. The number of ether oxygens (including phenoxy) is 1. The maximum absolute atomic E-state index is 12.5. The van der Waals surface area contributed by atoms with Crippen LogP contribution in [0.1, 0.15) is 29.9 Å². The Morgan fingerprint density at radius 2 is 1.78 bits per heavy atom. The Balaban J connectivity index is 2.05. The van der Waals surface area contributed by atoms with Gasteiger partial charge in [-0.15, -0.1) is 0 Å². The third-order valence-corrected chi connectivity index (χ3v) is 3.88. The molecule has 120 valence electrons. The van der Waals surface area contributed by atoms with E-state index in [1.54, 1.807) is 19.2 Å². The summed E-state index contributed by atoms with van der Waals surface area (Å²) in [6, 6.07) is 14.8. The van der Waals surface area contributed by atoms with E-state index >= 15 is 0 Å². The van der Waals surface area contributed by atoms with E-state index in [1.165, 1.54) is 0 Å². The Hall–Kier alpha value is -2.62. The van der Waals surface area contributed by atoms with Crippen LogP contribution in [0.15, 0.2) is 48.5 Å². The highest BCUT2D eigenvalue weighted by molar-refractivity contribution is 5.88. The first-order valence-corrected chi connectivity index (χ1v) is 7.58. The molecule has 0 saturated heterocycles. The minimum Gasteiger partial charge on any atom is -0.497 e. The molecule has 0 fully saturated rings. The van der Waals surface area contributed by atoms with E-state index in [0.717, 1.165) is 23.2 Å². The second-order valence-electron chi connectivity index (χ2n) is 5.44. The molecule has 0 saturated carbocycles. The molecule has 0 aliphatic heterocycles. The number of carbonyl (C=O) groups excluding carboxylic acids is 2. The topological polar surface area (TPSA) is 69.4 Å². The molecule has 0 radical (unpaired) electrons. The molecule has 0 bridgehead atoms. The molecule has 1 atom stereocenters. The van der Waals surface area contributed by atoms with Crippen molar-refractivity contribution in [2.75, 3.05) is 12.8 Å². The van der Waals surface area contributed by atoms with Crippen molar-refractivity contribution in [1.82, 2.24) is 0 Å². The first-order valence-electron chi connectivity index (χ1n) is 7.58. The number of rotatable bonds is 8. The molecular formula is C19H21NO3. The summed E-state index contributed by atoms with van der Waals surface area (Å²) >= 11 is 0. The molecule has 23 heavy (non-hydrogen) atoms. The molecule has 0 aliphatic rings. The number of anilines is 1. The van der Waals surface area contributed by atoms with Crippen LogP contribution in [0.3, 0.4) is 0 Å². The average Bonchev–Trinajstić information content (AvgIpc) is 2.59. The van der Waals surface area contributed by atoms with Gasteiger partial charge >= 0.3 is 0 Å². The van der Waals surface area contributed by atoms with E-state index < -0.39 is 5.92 Å². The van der Waals surface area contributed by atoms with Crippen LogP contribution in [0.2, 0.25) is 0 Å². The highest BCUT2D eigenvalue weighted by Crippen LogP contribution is 2.24. The summed E-state index contributed by atoms with van der Waals surface area (Å²) in [5.41, 5.74) is 8.27. The zero-order chi connectivity index (χ0) is 16.7. The summed E-state index contributed by atoms with van der Waals surface area (Å²) in [5, 5.41) is 0. The number of methoxy groups -OCH3 is 1. The van der Waals surface area contributed by atoms with Gasteiger partial charge in [0.2, 0.25) is 0 Å². The standard InChI is InChI=1S/C19H21NO3/c1-23-17-9-5-15(6-10-17)18(12-13-21)19(22)11-4-14-2-7-16(20)8-3-14/h2-3,5-10,13,18H,4,11-12,20H2,1H3. The van der Waals surface area contributed by atoms with E-state index in [-0.39, 0.29) is 12.2 Å². The highest BCUT2D eigenvalue weighted by Gasteiger charge is 2.20. The molecule has 2 N–H and O–H groups in total. The van der Waals surface area contributed by atoms with Gasteiger partial charge in [-0.25, -0.2) is 0 Å². The molecule has 0 spiro atoms. The van der Waals surface area contributed by atoms with Crippen molar-refractivity contribution >= 4 is 17.8 Å². The van der Waals surface area contributed by atoms with Gasteiger partial charge in [0.25, 0.3) is 0 Å². The lowest BCUT2D eigenvalue weighted by molar-refractivity contribution is -0.122. The molecule has 2 rings (SSSR count). The minimum atomic E-state index is -0.396. The maximum Gasteiger partial charge on any atom is 0.141 e. The normalized spacial score (nSPS) is 11.7. The van der Waals surface area contributed by atoms with Crippen molar-refractivity contribution in [2.45, 2.75) is 25.2 Å². The summed E-state index contributed by atoms with van der Waals surface area (Å²) in [6.45, 7) is 0. The van der Waals surface area contributed by atoms with Crippen LogP contribution in [-0.4, -0.2) is 19.2 Å². The van der Waals surface area contributed by atoms with Crippen LogP contribution < -0.4 is 10.5 Å². The van der Waals surface area contributed by atoms with Crippen molar-refractivity contribution < 1.29 is 14.3 Å². The molecule has 0 heterocycles. The number of nitrogen functional groups attached to an aromatic ring is 1. The van der Waals surface area contributed by atoms with Crippen molar-refractivity contribution in [3.05, 3.63) is 59.7 Å². The summed E-state index contributed by atoms with van der Waals surface area (Å²) in [5.74, 6) is 0.402. The van der Waals surface area contributed by atoms with Gasteiger partial charge < -0.3 is 15.3 Å². The van der Waals surface area contributed by atoms with Crippen LogP contribution in [-0.2, 0) is 16.0 Å². The van der Waals surface area contributed by atoms with E-state index in [1.807, 2.05) is 36.4 Å². The van der Waals surface area contributed by atoms with Crippen molar-refractivity contribution in [2.24, 2.45) is 0 Å². The van der Waals surface area contributed by atoms with Crippen molar-refractivity contribution in [3.8, 4) is 5.75 Å². The number of ketones is 1. The number of Topliss-reactive ketones (excluding diaryl/α,β-unsaturated/α-hetero) is 1. The minimum absolute atomic E-state index is 0.0686. The van der Waals surface area contributed by atoms with E-state index in [0.29, 0.717) is 18.5 Å². The van der Waals surface area contributed by atoms with Gasteiger partial charge in [-0.05, 0) is 41.8 Å². The van der Waals surface area contributed by atoms with E-state index in [9.17, 15) is 9.59 Å². The summed E-state index contributed by atoms with van der Waals surface area (Å²) in [7, 11) is 1.59. The first-order chi connectivity index (χ1) is 11.1. The molecular weight excluding hydrogens is 290 g/mol. The second kappa shape index (κ2) is 8.13. The number of benzene rings is 2. The second-order valence-corrected chi connectivity index (χ2v) is 5.44. The number of nitrogens with two attached hydrogens (primary N) is 1. The van der Waals surface area contributed by atoms with Crippen LogP contribution >= 0.6 is 0 Å². The average molecular weight is 311 g/mol. The molecule has 0 aromatic heterocycles. The number of aryl methyl sites for hydroxylation is 1. The number of hydrogen-bond acceptors (Lipinski definition) is 4. The predicted molar refractivity (Wildman–Crippen MR) is 90.6 cm³/mol. The van der Waals surface area contributed by atoms with Gasteiger partial charge in [-0.3, -0.25) is 4.79 Å². The van der Waals surface area contributed by atoms with Gasteiger partial charge in [-0.2, -0.15) is 0 Å². The fourth-order valence-electron chi connectivity index (χ4n) is 2.51. The Kier molecular flexibility index (Phi) is 5.92. The molecule has 2 aromatic rings. The molecule has 2 aromatic carbocycles. The lowest BCUT2D eigenvalue weighted by Crippen LogP contribution is -2.14. The highest BCUT2D eigenvalue weighted by atomic mass is 16.5. The fraction of sp³-hybridized carbons (Fsp3) is 0.263. The monoisotopic (exact) mass is 311 g/mol. The number of carbonyl (C=O) groups is 2. The molecule has 0 amide bonds. The van der Waals surface area contributed by atoms with E-state index in [4.69, 9.17) is 10.5 Å². The summed E-state index contributed by atoms with van der Waals surface area (Å²) < 4.78 is 5.12. The SMILES string of the molecule is COc1ccc(C(CC=O)C(=O)CCc2ccc(N)cc2)cc1. The smallest absolute Gasteiger partial charge is 0.141 e. The van der Waals surface area contributed by atoms with Crippen molar-refractivity contribution in [3.63, 3.8) is 0 Å². The lowest BCUT2D eigenvalue weighted by atomic mass is 9.89. The van der Waals surface area contributed by atoms with Gasteiger partial charge in [0.15, 0.2) is 0 Å². The zero-order valence-electron chi connectivity index (χ0n) is 13.2. The lowest BCUT2D eigenvalue weighted by Gasteiger charge is -2.14. The molecule has 0 aliphatic carbocycles. The quantitative estimate of drug-likeness (QED) is 0.600. The van der Waals surface area contributed by atoms with Gasteiger partial charge in [-0.1, -0.05) is 24.3 Å². The van der Waals surface area contributed by atoms with Gasteiger partial charge in [0.05, 0.1) is 7.11 Å². The number of hydrogen-bond donors (Lipinski definition) is 1. The molecule has 4 nitrogen and oxygen atoms in total. The number of aldehydes is 1. The zero-order valence-corrected chi connectivity index (χ0v) is 13.2. The van der Waals surface area contributed by atoms with Crippen LogP contribution in [0.5, 0.6) is 5.75 Å².